The van der Waals surface area contributed by atoms with Crippen molar-refractivity contribution in [2.45, 2.75) is 72.0 Å². The highest BCUT2D eigenvalue weighted by molar-refractivity contribution is 6.01. The molecule has 2 aromatic carbocycles. The van der Waals surface area contributed by atoms with E-state index in [2.05, 4.69) is 24.5 Å². The van der Waals surface area contributed by atoms with Crippen LogP contribution in [0.1, 0.15) is 62.9 Å². The molecule has 4 amide bonds. The van der Waals surface area contributed by atoms with Crippen LogP contribution in [0.25, 0.3) is 0 Å². The number of aryl methyl sites for hydroxylation is 1. The Balaban J connectivity index is 1.89. The van der Waals surface area contributed by atoms with Crippen LogP contribution < -0.4 is 20.1 Å². The molecular formula is C34H48N4O6. The Morgan fingerprint density at radius 2 is 1.64 bits per heavy atom. The lowest BCUT2D eigenvalue weighted by molar-refractivity contribution is -0.147. The van der Waals surface area contributed by atoms with Crippen molar-refractivity contribution in [3.05, 3.63) is 59.7 Å². The van der Waals surface area contributed by atoms with E-state index in [1.165, 1.54) is 4.90 Å². The molecule has 3 rings (SSSR count). The third-order valence-corrected chi connectivity index (χ3v) is 7.73. The number of nitrogens with zero attached hydrogens (tertiary/aromatic N) is 2. The Morgan fingerprint density at radius 3 is 2.30 bits per heavy atom. The maximum atomic E-state index is 13.9. The third-order valence-electron chi connectivity index (χ3n) is 7.73. The molecular weight excluding hydrogens is 560 g/mol. The van der Waals surface area contributed by atoms with Crippen molar-refractivity contribution in [1.29, 1.82) is 0 Å². The standard InChI is InChI=1S/C34H48N4O6/c1-22(2)18-25-21-44-30-11-9-8-10-27(30)32(40)36-28(33(41)35-16-17-43-26-14-12-24(5)13-15-26)20-31(39)38(7)29(19-23(3)4)34(42)37(25)6/h8-15,22-23,25,28-29H,16-21H2,1-7H3,(H,35,41)(H,36,40)/t25-,28+,29+/m1/s1. The molecule has 0 unspecified atom stereocenters. The normalized spacial score (nSPS) is 20.1. The summed E-state index contributed by atoms with van der Waals surface area (Å²) in [5.41, 5.74) is 1.34. The highest BCUT2D eigenvalue weighted by Crippen LogP contribution is 2.23. The summed E-state index contributed by atoms with van der Waals surface area (Å²) < 4.78 is 11.9. The van der Waals surface area contributed by atoms with Gasteiger partial charge in [0.2, 0.25) is 17.7 Å². The van der Waals surface area contributed by atoms with Gasteiger partial charge >= 0.3 is 0 Å². The average molecular weight is 609 g/mol. The molecule has 3 atom stereocenters. The molecule has 0 fully saturated rings. The SMILES string of the molecule is Cc1ccc(OCCNC(=O)[C@@H]2CC(=O)N(C)[C@@H](CC(C)C)C(=O)N(C)[C@H](CC(C)C)COc3ccccc3C(=O)N2)cc1. The van der Waals surface area contributed by atoms with Crippen LogP contribution in [-0.4, -0.2) is 85.4 Å². The van der Waals surface area contributed by atoms with E-state index in [-0.39, 0.29) is 55.5 Å². The number of carbonyl (C=O) groups is 4. The summed E-state index contributed by atoms with van der Waals surface area (Å²) in [5, 5.41) is 5.52. The van der Waals surface area contributed by atoms with Crippen molar-refractivity contribution < 1.29 is 28.7 Å². The van der Waals surface area contributed by atoms with Gasteiger partial charge in [0.1, 0.15) is 36.8 Å². The van der Waals surface area contributed by atoms with Gasteiger partial charge in [-0.25, -0.2) is 0 Å². The molecule has 10 heteroatoms. The summed E-state index contributed by atoms with van der Waals surface area (Å²) in [6.07, 6.45) is 0.804. The lowest BCUT2D eigenvalue weighted by Crippen LogP contribution is -2.55. The predicted octanol–water partition coefficient (Wildman–Crippen LogP) is 3.82. The molecule has 44 heavy (non-hydrogen) atoms. The minimum Gasteiger partial charge on any atom is -0.492 e. The topological polar surface area (TPSA) is 117 Å². The molecule has 1 aliphatic rings. The van der Waals surface area contributed by atoms with E-state index < -0.39 is 29.8 Å². The average Bonchev–Trinajstić information content (AvgIpc) is 2.98. The molecule has 0 saturated heterocycles. The van der Waals surface area contributed by atoms with Crippen molar-refractivity contribution in [3.8, 4) is 11.5 Å². The number of nitrogens with one attached hydrogen (secondary N) is 2. The summed E-state index contributed by atoms with van der Waals surface area (Å²) in [6.45, 7) is 10.7. The van der Waals surface area contributed by atoms with Crippen molar-refractivity contribution >= 4 is 23.6 Å². The molecule has 0 spiro atoms. The van der Waals surface area contributed by atoms with Crippen LogP contribution in [0.15, 0.2) is 48.5 Å². The van der Waals surface area contributed by atoms with Crippen molar-refractivity contribution in [2.24, 2.45) is 11.8 Å². The second-order valence-corrected chi connectivity index (χ2v) is 12.4. The smallest absolute Gasteiger partial charge is 0.255 e. The van der Waals surface area contributed by atoms with E-state index >= 15 is 0 Å². The van der Waals surface area contributed by atoms with Gasteiger partial charge in [0.05, 0.1) is 24.6 Å². The second kappa shape index (κ2) is 16.1. The summed E-state index contributed by atoms with van der Waals surface area (Å²) in [6, 6.07) is 12.1. The summed E-state index contributed by atoms with van der Waals surface area (Å²) in [4.78, 5) is 57.6. The van der Waals surface area contributed by atoms with Crippen molar-refractivity contribution in [1.82, 2.24) is 20.4 Å². The zero-order valence-corrected chi connectivity index (χ0v) is 27.1. The lowest BCUT2D eigenvalue weighted by Gasteiger charge is -2.37. The Hall–Kier alpha value is -4.08. The fraction of sp³-hybridized carbons (Fsp3) is 0.529. The minimum atomic E-state index is -1.19. The third kappa shape index (κ3) is 9.72. The fourth-order valence-electron chi connectivity index (χ4n) is 5.17. The van der Waals surface area contributed by atoms with Gasteiger partial charge < -0.3 is 29.9 Å². The van der Waals surface area contributed by atoms with Crippen LogP contribution in [0.5, 0.6) is 11.5 Å². The number of rotatable bonds is 9. The molecule has 2 aromatic rings. The fourth-order valence-corrected chi connectivity index (χ4v) is 5.17. The highest BCUT2D eigenvalue weighted by atomic mass is 16.5. The maximum absolute atomic E-state index is 13.9. The van der Waals surface area contributed by atoms with E-state index in [0.29, 0.717) is 24.3 Å². The summed E-state index contributed by atoms with van der Waals surface area (Å²) >= 11 is 0. The number of hydrogen-bond donors (Lipinski definition) is 2. The lowest BCUT2D eigenvalue weighted by atomic mass is 9.98. The van der Waals surface area contributed by atoms with Gasteiger partial charge in [-0.05, 0) is 55.9 Å². The first-order chi connectivity index (χ1) is 20.9. The van der Waals surface area contributed by atoms with E-state index in [9.17, 15) is 19.2 Å². The molecule has 0 saturated carbocycles. The number of benzene rings is 2. The minimum absolute atomic E-state index is 0.130. The number of likely N-dealkylation sites (N-methyl/N-ethyl adjacent to an activating group) is 2. The zero-order chi connectivity index (χ0) is 32.4. The molecule has 10 nitrogen and oxygen atoms in total. The van der Waals surface area contributed by atoms with Crippen LogP contribution >= 0.6 is 0 Å². The van der Waals surface area contributed by atoms with Crippen molar-refractivity contribution in [3.63, 3.8) is 0 Å². The maximum Gasteiger partial charge on any atom is 0.255 e. The largest absolute Gasteiger partial charge is 0.492 e. The van der Waals surface area contributed by atoms with E-state index in [0.717, 1.165) is 5.56 Å². The Morgan fingerprint density at radius 1 is 0.977 bits per heavy atom. The first kappa shape index (κ1) is 34.4. The summed E-state index contributed by atoms with van der Waals surface area (Å²) in [7, 11) is 3.33. The first-order valence-electron chi connectivity index (χ1n) is 15.4. The molecule has 1 aliphatic heterocycles. The van der Waals surface area contributed by atoms with Crippen LogP contribution in [0, 0.1) is 18.8 Å². The number of para-hydroxylation sites is 1. The van der Waals surface area contributed by atoms with Gasteiger partial charge in [0, 0.05) is 14.1 Å². The summed E-state index contributed by atoms with van der Waals surface area (Å²) in [5.74, 6) is -0.253. The quantitative estimate of drug-likeness (QED) is 0.418. The predicted molar refractivity (Wildman–Crippen MR) is 170 cm³/mol. The van der Waals surface area contributed by atoms with Crippen LogP contribution in [0.4, 0.5) is 0 Å². The molecule has 0 radical (unpaired) electrons. The van der Waals surface area contributed by atoms with Gasteiger partial charge in [-0.2, -0.15) is 0 Å². The van der Waals surface area contributed by atoms with Crippen LogP contribution in [-0.2, 0) is 14.4 Å². The number of amides is 4. The van der Waals surface area contributed by atoms with Gasteiger partial charge in [-0.3, -0.25) is 19.2 Å². The molecule has 0 aromatic heterocycles. The molecule has 0 aliphatic carbocycles. The van der Waals surface area contributed by atoms with Crippen LogP contribution in [0.3, 0.4) is 0 Å². The monoisotopic (exact) mass is 608 g/mol. The van der Waals surface area contributed by atoms with Gasteiger partial charge in [0.25, 0.3) is 5.91 Å². The van der Waals surface area contributed by atoms with E-state index in [1.807, 2.05) is 45.0 Å². The Kier molecular flexibility index (Phi) is 12.6. The Labute approximate surface area is 261 Å². The highest BCUT2D eigenvalue weighted by Gasteiger charge is 2.36. The Bertz CT molecular complexity index is 1280. The second-order valence-electron chi connectivity index (χ2n) is 12.4. The van der Waals surface area contributed by atoms with Gasteiger partial charge in [0.15, 0.2) is 0 Å². The number of carbonyl (C=O) groups excluding carboxylic acids is 4. The zero-order valence-electron chi connectivity index (χ0n) is 27.1. The first-order valence-corrected chi connectivity index (χ1v) is 15.4. The number of hydrogen-bond acceptors (Lipinski definition) is 6. The molecule has 240 valence electrons. The van der Waals surface area contributed by atoms with Gasteiger partial charge in [-0.1, -0.05) is 57.5 Å². The van der Waals surface area contributed by atoms with Crippen LogP contribution in [0.2, 0.25) is 0 Å². The number of fused-ring (bicyclic) bond motifs is 1. The van der Waals surface area contributed by atoms with E-state index in [4.69, 9.17) is 9.47 Å². The van der Waals surface area contributed by atoms with Gasteiger partial charge in [-0.15, -0.1) is 0 Å². The molecule has 1 heterocycles. The molecule has 0 bridgehead atoms. The number of ether oxygens (including phenoxy) is 2. The molecule has 2 N–H and O–H groups in total. The van der Waals surface area contributed by atoms with E-state index in [1.54, 1.807) is 43.3 Å². The van der Waals surface area contributed by atoms with Crippen molar-refractivity contribution in [2.75, 3.05) is 33.9 Å².